The van der Waals surface area contributed by atoms with Gasteiger partial charge >= 0.3 is 0 Å². The maximum Gasteiger partial charge on any atom is 0.257 e. The molecule has 8 heteroatoms. The topological polar surface area (TPSA) is 118 Å². The first-order valence-corrected chi connectivity index (χ1v) is 7.15. The molecule has 0 fully saturated rings. The molecule has 0 saturated carbocycles. The van der Waals surface area contributed by atoms with Crippen LogP contribution in [0.3, 0.4) is 0 Å². The molecule has 0 aliphatic carbocycles. The van der Waals surface area contributed by atoms with Gasteiger partial charge in [-0.15, -0.1) is 0 Å². The van der Waals surface area contributed by atoms with E-state index in [0.717, 1.165) is 0 Å². The Morgan fingerprint density at radius 1 is 0.870 bits per heavy atom. The second-order valence-corrected chi connectivity index (χ2v) is 4.95. The number of amides is 2. The Morgan fingerprint density at radius 2 is 1.30 bits per heavy atom. The summed E-state index contributed by atoms with van der Waals surface area (Å²) < 4.78 is 2.64. The van der Waals surface area contributed by atoms with Gasteiger partial charge in [0, 0.05) is 25.2 Å². The van der Waals surface area contributed by atoms with Crippen molar-refractivity contribution in [2.75, 3.05) is 24.8 Å². The molecule has 120 valence electrons. The predicted molar refractivity (Wildman–Crippen MR) is 82.9 cm³/mol. The van der Waals surface area contributed by atoms with Crippen LogP contribution in [-0.4, -0.2) is 24.9 Å². The fourth-order valence-electron chi connectivity index (χ4n) is 1.95. The highest BCUT2D eigenvalue weighted by atomic mass is 16.2. The summed E-state index contributed by atoms with van der Waals surface area (Å²) in [4.78, 5) is 23.7. The molecular weight excluding hydrogens is 296 g/mol. The Labute approximate surface area is 133 Å². The van der Waals surface area contributed by atoms with Gasteiger partial charge in [-0.2, -0.15) is 0 Å². The van der Waals surface area contributed by atoms with Gasteiger partial charge in [0.05, 0.1) is 0 Å². The van der Waals surface area contributed by atoms with Crippen molar-refractivity contribution in [3.63, 3.8) is 0 Å². The van der Waals surface area contributed by atoms with Gasteiger partial charge in [-0.1, -0.05) is 9.35 Å². The second kappa shape index (κ2) is 7.74. The molecule has 0 unspecified atom stereocenters. The van der Waals surface area contributed by atoms with Crippen molar-refractivity contribution in [3.8, 4) is 0 Å². The molecule has 0 spiro atoms. The average Bonchev–Trinajstić information content (AvgIpc) is 2.54. The Balaban J connectivity index is 1.69. The average molecular weight is 316 g/mol. The summed E-state index contributed by atoms with van der Waals surface area (Å²) in [6.07, 6.45) is 6.97. The van der Waals surface area contributed by atoms with Crippen molar-refractivity contribution in [3.05, 3.63) is 60.2 Å². The smallest absolute Gasteiger partial charge is 0.257 e. The standard InChI is InChI=1S/C15H18N6O2/c16-20-8-1-4-12(10-20)14(22)18-6-3-7-19-15(23)13-5-2-9-21(17)11-13/h1-2,4-5,8-11H,3,6-7,16-17H2/p+2. The van der Waals surface area contributed by atoms with E-state index in [0.29, 0.717) is 30.6 Å². The first kappa shape index (κ1) is 16.2. The van der Waals surface area contributed by atoms with E-state index >= 15 is 0 Å². The normalized spacial score (nSPS) is 10.1. The molecule has 0 aliphatic rings. The lowest BCUT2D eigenvalue weighted by atomic mass is 10.2. The number of carbonyl (C=O) groups excluding carboxylic acids is 2. The molecule has 0 saturated heterocycles. The third-order valence-electron chi connectivity index (χ3n) is 3.09. The molecule has 0 aliphatic heterocycles. The van der Waals surface area contributed by atoms with Crippen LogP contribution in [0, 0.1) is 0 Å². The van der Waals surface area contributed by atoms with Gasteiger partial charge in [0.2, 0.25) is 12.4 Å². The molecule has 6 N–H and O–H groups in total. The quantitative estimate of drug-likeness (QED) is 0.287. The zero-order valence-corrected chi connectivity index (χ0v) is 12.6. The Kier molecular flexibility index (Phi) is 5.45. The van der Waals surface area contributed by atoms with Crippen LogP contribution >= 0.6 is 0 Å². The minimum atomic E-state index is -0.205. The summed E-state index contributed by atoms with van der Waals surface area (Å²) in [7, 11) is 0. The number of hydrogen-bond donors (Lipinski definition) is 4. The minimum Gasteiger partial charge on any atom is -0.352 e. The molecule has 8 nitrogen and oxygen atoms in total. The van der Waals surface area contributed by atoms with Crippen LogP contribution < -0.4 is 31.7 Å². The van der Waals surface area contributed by atoms with E-state index in [2.05, 4.69) is 10.6 Å². The van der Waals surface area contributed by atoms with Crippen LogP contribution in [0.4, 0.5) is 0 Å². The number of pyridine rings is 2. The van der Waals surface area contributed by atoms with Crippen molar-refractivity contribution in [2.45, 2.75) is 6.42 Å². The molecule has 0 bridgehead atoms. The summed E-state index contributed by atoms with van der Waals surface area (Å²) in [5.41, 5.74) is 0.964. The molecule has 2 amide bonds. The first-order valence-electron chi connectivity index (χ1n) is 7.15. The molecular formula is C15H20N6O2+2. The van der Waals surface area contributed by atoms with Gasteiger partial charge in [0.1, 0.15) is 11.1 Å². The number of hydrogen-bond acceptors (Lipinski definition) is 4. The lowest BCUT2D eigenvalue weighted by Crippen LogP contribution is -2.44. The fraction of sp³-hybridized carbons (Fsp3) is 0.200. The molecule has 23 heavy (non-hydrogen) atoms. The van der Waals surface area contributed by atoms with Gasteiger partial charge < -0.3 is 10.6 Å². The number of carbonyl (C=O) groups is 2. The van der Waals surface area contributed by atoms with E-state index in [-0.39, 0.29) is 11.8 Å². The number of rotatable bonds is 6. The maximum absolute atomic E-state index is 11.9. The van der Waals surface area contributed by atoms with Crippen molar-refractivity contribution >= 4 is 11.8 Å². The Morgan fingerprint density at radius 3 is 1.70 bits per heavy atom. The molecule has 2 rings (SSSR count). The lowest BCUT2D eigenvalue weighted by molar-refractivity contribution is -0.639. The summed E-state index contributed by atoms with van der Waals surface area (Å²) in [5.74, 6) is 10.7. The SMILES string of the molecule is N[n+]1cccc(C(=O)NCCCNC(=O)c2ccc[n+](N)c2)c1. The zero-order valence-electron chi connectivity index (χ0n) is 12.6. The van der Waals surface area contributed by atoms with E-state index < -0.39 is 0 Å². The summed E-state index contributed by atoms with van der Waals surface area (Å²) in [5, 5.41) is 5.53. The van der Waals surface area contributed by atoms with Crippen molar-refractivity contribution in [1.82, 2.24) is 10.6 Å². The monoisotopic (exact) mass is 316 g/mol. The molecule has 0 radical (unpaired) electrons. The van der Waals surface area contributed by atoms with Crippen LogP contribution in [0.1, 0.15) is 27.1 Å². The Hall–Kier alpha value is -3.16. The molecule has 0 aromatic carbocycles. The molecule has 2 aromatic rings. The van der Waals surface area contributed by atoms with Gasteiger partial charge in [0.15, 0.2) is 12.4 Å². The molecule has 2 heterocycles. The van der Waals surface area contributed by atoms with Gasteiger partial charge in [-0.25, -0.2) is 11.7 Å². The fourth-order valence-corrected chi connectivity index (χ4v) is 1.95. The Bertz CT molecular complexity index is 644. The first-order chi connectivity index (χ1) is 11.1. The highest BCUT2D eigenvalue weighted by molar-refractivity contribution is 5.94. The van der Waals surface area contributed by atoms with E-state index in [9.17, 15) is 9.59 Å². The number of aromatic nitrogens is 2. The van der Waals surface area contributed by atoms with E-state index in [1.165, 1.54) is 21.7 Å². The summed E-state index contributed by atoms with van der Waals surface area (Å²) in [6, 6.07) is 6.74. The molecule has 0 atom stereocenters. The van der Waals surface area contributed by atoms with Crippen LogP contribution in [0.2, 0.25) is 0 Å². The maximum atomic E-state index is 11.9. The number of nitrogens with one attached hydrogen (secondary N) is 2. The van der Waals surface area contributed by atoms with Crippen molar-refractivity contribution < 1.29 is 18.9 Å². The lowest BCUT2D eigenvalue weighted by Gasteiger charge is -2.06. The summed E-state index contributed by atoms with van der Waals surface area (Å²) in [6.45, 7) is 0.897. The third kappa shape index (κ3) is 4.95. The van der Waals surface area contributed by atoms with Crippen LogP contribution in [0.5, 0.6) is 0 Å². The highest BCUT2D eigenvalue weighted by Gasteiger charge is 2.10. The zero-order chi connectivity index (χ0) is 16.7. The molecule has 2 aromatic heterocycles. The van der Waals surface area contributed by atoms with Gasteiger partial charge in [-0.05, 0) is 18.6 Å². The second-order valence-electron chi connectivity index (χ2n) is 4.95. The summed E-state index contributed by atoms with van der Waals surface area (Å²) >= 11 is 0. The minimum absolute atomic E-state index is 0.205. The van der Waals surface area contributed by atoms with E-state index in [1.54, 1.807) is 36.7 Å². The van der Waals surface area contributed by atoms with Crippen molar-refractivity contribution in [2.24, 2.45) is 0 Å². The number of nitrogen functional groups attached to an aromatic ring is 2. The largest absolute Gasteiger partial charge is 0.352 e. The van der Waals surface area contributed by atoms with Gasteiger partial charge in [0.25, 0.3) is 11.8 Å². The van der Waals surface area contributed by atoms with Gasteiger partial charge in [-0.3, -0.25) is 9.59 Å². The number of nitrogens with zero attached hydrogens (tertiary/aromatic N) is 2. The van der Waals surface area contributed by atoms with Crippen LogP contribution in [-0.2, 0) is 0 Å². The number of nitrogens with two attached hydrogens (primary N) is 2. The van der Waals surface area contributed by atoms with Crippen molar-refractivity contribution in [1.29, 1.82) is 0 Å². The van der Waals surface area contributed by atoms with E-state index in [4.69, 9.17) is 11.7 Å². The highest BCUT2D eigenvalue weighted by Crippen LogP contribution is 1.94. The van der Waals surface area contributed by atoms with Crippen LogP contribution in [0.15, 0.2) is 49.1 Å². The van der Waals surface area contributed by atoms with Crippen LogP contribution in [0.25, 0.3) is 0 Å². The third-order valence-corrected chi connectivity index (χ3v) is 3.09. The predicted octanol–water partition coefficient (Wildman–Crippen LogP) is -1.76. The van der Waals surface area contributed by atoms with E-state index in [1.807, 2.05) is 0 Å².